The minimum Gasteiger partial charge on any atom is -0.390 e. The van der Waals surface area contributed by atoms with E-state index in [1.54, 1.807) is 0 Å². The minimum absolute atomic E-state index is 0.0507. The van der Waals surface area contributed by atoms with Crippen molar-refractivity contribution in [2.45, 2.75) is 45.4 Å². The highest BCUT2D eigenvalue weighted by Gasteiger charge is 2.25. The number of nitrogens with zero attached hydrogens (tertiary/aromatic N) is 2. The molecule has 2 heterocycles. The second kappa shape index (κ2) is 5.73. The van der Waals surface area contributed by atoms with Crippen molar-refractivity contribution in [1.82, 2.24) is 15.5 Å². The number of nitrogens with one attached hydrogen (secondary N) is 1. The monoisotopic (exact) mass is 273 g/mol. The quantitative estimate of drug-likeness (QED) is 0.883. The van der Waals surface area contributed by atoms with E-state index >= 15 is 0 Å². The van der Waals surface area contributed by atoms with E-state index in [4.69, 9.17) is 4.52 Å². The van der Waals surface area contributed by atoms with Gasteiger partial charge in [0, 0.05) is 30.8 Å². The van der Waals surface area contributed by atoms with Crippen molar-refractivity contribution in [2.24, 2.45) is 0 Å². The summed E-state index contributed by atoms with van der Waals surface area (Å²) < 4.78 is 5.26. The summed E-state index contributed by atoms with van der Waals surface area (Å²) in [7, 11) is 0. The van der Waals surface area contributed by atoms with Crippen LogP contribution in [0, 0.1) is 6.92 Å². The zero-order valence-electron chi connectivity index (χ0n) is 11.6. The van der Waals surface area contributed by atoms with Crippen molar-refractivity contribution >= 4 is 0 Å². The highest BCUT2D eigenvalue weighted by atomic mass is 16.5. The number of rotatable bonds is 4. The van der Waals surface area contributed by atoms with Crippen LogP contribution in [0.15, 0.2) is 22.9 Å². The minimum atomic E-state index is -0.0507. The lowest BCUT2D eigenvalue weighted by atomic mass is 9.92. The van der Waals surface area contributed by atoms with Crippen LogP contribution in [0.3, 0.4) is 0 Å². The van der Waals surface area contributed by atoms with Gasteiger partial charge in [0.15, 0.2) is 0 Å². The van der Waals surface area contributed by atoms with Crippen LogP contribution in [0.25, 0.3) is 0 Å². The van der Waals surface area contributed by atoms with Crippen LogP contribution in [0.1, 0.15) is 34.7 Å². The number of aromatic nitrogens is 2. The number of aryl methyl sites for hydroxylation is 2. The third-order valence-electron chi connectivity index (χ3n) is 3.95. The predicted octanol–water partition coefficient (Wildman–Crippen LogP) is 1.52. The van der Waals surface area contributed by atoms with E-state index in [1.807, 2.05) is 12.3 Å². The Morgan fingerprint density at radius 2 is 2.35 bits per heavy atom. The highest BCUT2D eigenvalue weighted by molar-refractivity contribution is 5.26. The van der Waals surface area contributed by atoms with Crippen molar-refractivity contribution in [3.8, 4) is 0 Å². The number of aliphatic hydroxyl groups is 1. The van der Waals surface area contributed by atoms with Gasteiger partial charge in [-0.2, -0.15) is 0 Å². The molecule has 20 heavy (non-hydrogen) atoms. The van der Waals surface area contributed by atoms with Gasteiger partial charge >= 0.3 is 0 Å². The maximum Gasteiger partial charge on any atom is 0.140 e. The molecule has 106 valence electrons. The van der Waals surface area contributed by atoms with Crippen LogP contribution in [0.5, 0.6) is 0 Å². The molecule has 1 aliphatic carbocycles. The summed E-state index contributed by atoms with van der Waals surface area (Å²) in [5.41, 5.74) is 4.05. The summed E-state index contributed by atoms with van der Waals surface area (Å²) in [4.78, 5) is 4.40. The van der Waals surface area contributed by atoms with Crippen molar-refractivity contribution in [2.75, 3.05) is 0 Å². The van der Waals surface area contributed by atoms with Crippen LogP contribution >= 0.6 is 0 Å². The average molecular weight is 273 g/mol. The van der Waals surface area contributed by atoms with Crippen molar-refractivity contribution < 1.29 is 9.63 Å². The van der Waals surface area contributed by atoms with Crippen molar-refractivity contribution in [3.05, 3.63) is 46.6 Å². The smallest absolute Gasteiger partial charge is 0.140 e. The molecule has 1 aliphatic rings. The van der Waals surface area contributed by atoms with Crippen LogP contribution in [-0.2, 0) is 26.0 Å². The molecule has 2 N–H and O–H groups in total. The number of aliphatic hydroxyl groups excluding tert-OH is 1. The average Bonchev–Trinajstić information content (AvgIpc) is 2.88. The van der Waals surface area contributed by atoms with Gasteiger partial charge in [-0.05, 0) is 31.4 Å². The molecular formula is C15H19N3O2. The Labute approximate surface area is 118 Å². The number of pyridine rings is 1. The topological polar surface area (TPSA) is 71.2 Å². The molecule has 0 aromatic carbocycles. The fourth-order valence-electron chi connectivity index (χ4n) is 2.71. The summed E-state index contributed by atoms with van der Waals surface area (Å²) in [5, 5.41) is 16.7. The van der Waals surface area contributed by atoms with Gasteiger partial charge in [0.1, 0.15) is 11.5 Å². The maximum atomic E-state index is 9.26. The van der Waals surface area contributed by atoms with Crippen LogP contribution in [0.2, 0.25) is 0 Å². The van der Waals surface area contributed by atoms with Crippen LogP contribution in [-0.4, -0.2) is 21.3 Å². The first kappa shape index (κ1) is 13.3. The Bertz CT molecular complexity index is 581. The van der Waals surface area contributed by atoms with E-state index in [-0.39, 0.29) is 6.61 Å². The van der Waals surface area contributed by atoms with Gasteiger partial charge in [0.2, 0.25) is 0 Å². The molecule has 0 amide bonds. The van der Waals surface area contributed by atoms with Gasteiger partial charge in [0.05, 0.1) is 12.3 Å². The van der Waals surface area contributed by atoms with Gasteiger partial charge in [-0.25, -0.2) is 0 Å². The summed E-state index contributed by atoms with van der Waals surface area (Å²) in [6.07, 6.45) is 4.59. The van der Waals surface area contributed by atoms with Gasteiger partial charge < -0.3 is 14.9 Å². The zero-order valence-corrected chi connectivity index (χ0v) is 11.6. The molecule has 2 aromatic heterocycles. The van der Waals surface area contributed by atoms with E-state index in [0.29, 0.717) is 11.7 Å². The Morgan fingerprint density at radius 3 is 3.15 bits per heavy atom. The molecule has 0 spiro atoms. The van der Waals surface area contributed by atoms with E-state index in [2.05, 4.69) is 28.4 Å². The fourth-order valence-corrected chi connectivity index (χ4v) is 2.71. The summed E-state index contributed by atoms with van der Waals surface area (Å²) in [6.45, 7) is 2.80. The number of fused-ring (bicyclic) bond motifs is 1. The van der Waals surface area contributed by atoms with E-state index < -0.39 is 0 Å². The molecule has 0 saturated heterocycles. The lowest BCUT2D eigenvalue weighted by molar-refractivity contribution is 0.265. The van der Waals surface area contributed by atoms with Crippen LogP contribution < -0.4 is 5.32 Å². The normalized spacial score (nSPS) is 18.0. The second-order valence-electron chi connectivity index (χ2n) is 5.28. The third kappa shape index (κ3) is 2.59. The Morgan fingerprint density at radius 1 is 1.45 bits per heavy atom. The van der Waals surface area contributed by atoms with Crippen molar-refractivity contribution in [1.29, 1.82) is 0 Å². The Hall–Kier alpha value is -1.72. The van der Waals surface area contributed by atoms with Gasteiger partial charge in [-0.3, -0.25) is 4.98 Å². The Kier molecular flexibility index (Phi) is 3.80. The van der Waals surface area contributed by atoms with E-state index in [9.17, 15) is 5.11 Å². The molecule has 3 rings (SSSR count). The molecule has 0 radical (unpaired) electrons. The molecule has 0 bridgehead atoms. The first-order valence-corrected chi connectivity index (χ1v) is 6.99. The molecule has 0 saturated carbocycles. The summed E-state index contributed by atoms with van der Waals surface area (Å²) in [6, 6.07) is 4.41. The Balaban J connectivity index is 1.64. The third-order valence-corrected chi connectivity index (χ3v) is 3.95. The van der Waals surface area contributed by atoms with Crippen LogP contribution in [0.4, 0.5) is 0 Å². The summed E-state index contributed by atoms with van der Waals surface area (Å²) >= 11 is 0. The second-order valence-corrected chi connectivity index (χ2v) is 5.28. The van der Waals surface area contributed by atoms with Crippen molar-refractivity contribution in [3.63, 3.8) is 0 Å². The lowest BCUT2D eigenvalue weighted by Gasteiger charge is -2.22. The van der Waals surface area contributed by atoms with E-state index in [0.717, 1.165) is 42.8 Å². The first-order chi connectivity index (χ1) is 9.78. The molecule has 5 nitrogen and oxygen atoms in total. The maximum absolute atomic E-state index is 9.26. The standard InChI is InChI=1S/C15H19N3O2/c1-10-3-2-6-16-13(10)8-17-11-4-5-15-12(7-11)14(9-19)18-20-15/h2-3,6,11,17,19H,4-5,7-9H2,1H3. The fraction of sp³-hybridized carbons (Fsp3) is 0.467. The number of hydrogen-bond donors (Lipinski definition) is 2. The molecule has 0 fully saturated rings. The zero-order chi connectivity index (χ0) is 13.9. The molecule has 5 heteroatoms. The first-order valence-electron chi connectivity index (χ1n) is 6.99. The SMILES string of the molecule is Cc1cccnc1CNC1CCc2onc(CO)c2C1. The van der Waals surface area contributed by atoms with Gasteiger partial charge in [0.25, 0.3) is 0 Å². The molecule has 1 atom stereocenters. The predicted molar refractivity (Wildman–Crippen MR) is 74.1 cm³/mol. The molecular weight excluding hydrogens is 254 g/mol. The van der Waals surface area contributed by atoms with Gasteiger partial charge in [-0.1, -0.05) is 11.2 Å². The molecule has 1 unspecified atom stereocenters. The lowest BCUT2D eigenvalue weighted by Crippen LogP contribution is -2.34. The van der Waals surface area contributed by atoms with Gasteiger partial charge in [-0.15, -0.1) is 0 Å². The molecule has 2 aromatic rings. The number of hydrogen-bond acceptors (Lipinski definition) is 5. The largest absolute Gasteiger partial charge is 0.390 e. The van der Waals surface area contributed by atoms with E-state index in [1.165, 1.54) is 5.56 Å². The summed E-state index contributed by atoms with van der Waals surface area (Å²) in [5.74, 6) is 0.932. The highest BCUT2D eigenvalue weighted by Crippen LogP contribution is 2.24. The molecule has 0 aliphatic heterocycles.